The summed E-state index contributed by atoms with van der Waals surface area (Å²) in [6.07, 6.45) is 0. The van der Waals surface area contributed by atoms with Crippen LogP contribution in [0.25, 0.3) is 82.9 Å². The molecule has 1 aliphatic rings. The number of hydrogen-bond donors (Lipinski definition) is 0. The number of para-hydroxylation sites is 3. The van der Waals surface area contributed by atoms with E-state index in [1.54, 1.807) is 0 Å². The molecule has 0 radical (unpaired) electrons. The Kier molecular flexibility index (Phi) is 6.65. The normalized spacial score (nSPS) is 13.2. The van der Waals surface area contributed by atoms with E-state index in [1.807, 2.05) is 24.3 Å². The fourth-order valence-electron chi connectivity index (χ4n) is 9.46. The van der Waals surface area contributed by atoms with Crippen LogP contribution in [0, 0.1) is 0 Å². The van der Waals surface area contributed by atoms with E-state index < -0.39 is 0 Å². The largest absolute Gasteiger partial charge is 0.456 e. The minimum absolute atomic E-state index is 0.123. The number of anilines is 3. The molecule has 3 heterocycles. The second-order valence-corrected chi connectivity index (χ2v) is 15.7. The van der Waals surface area contributed by atoms with Gasteiger partial charge in [-0.05, 0) is 119 Å². The molecule has 0 amide bonds. The lowest BCUT2D eigenvalue weighted by molar-refractivity contribution is 0.631. The molecule has 0 fully saturated rings. The van der Waals surface area contributed by atoms with Crippen LogP contribution >= 0.6 is 0 Å². The Balaban J connectivity index is 1.02. The summed E-state index contributed by atoms with van der Waals surface area (Å²) >= 11 is 0. The first-order valence-electron chi connectivity index (χ1n) is 19.6. The Morgan fingerprint density at radius 1 is 0.474 bits per heavy atom. The van der Waals surface area contributed by atoms with Crippen LogP contribution in [0.15, 0.2) is 191 Å². The molecule has 0 bridgehead atoms. The summed E-state index contributed by atoms with van der Waals surface area (Å²) in [5, 5.41) is 5.79. The number of fused-ring (bicyclic) bond motifs is 11. The molecule has 0 atom stereocenters. The van der Waals surface area contributed by atoms with Crippen molar-refractivity contribution in [2.45, 2.75) is 19.3 Å². The van der Waals surface area contributed by atoms with Crippen molar-refractivity contribution >= 4 is 71.8 Å². The van der Waals surface area contributed by atoms with Gasteiger partial charge < -0.3 is 18.3 Å². The standard InChI is InChI=1S/C53H36N2O2/c1-53(2)44-15-7-4-12-39(44)40-28-27-38(32-45(40)53)54(35-21-19-33(20-22-35)50-31-34-11-3-9-17-47(34)56-50)36-23-25-37(26-24-36)55-46-16-8-5-13-41(46)42-29-30-49-51(52(42)55)43-14-6-10-18-48(43)57-49/h3-32H,1-2H3. The van der Waals surface area contributed by atoms with Gasteiger partial charge in [0.15, 0.2) is 0 Å². The van der Waals surface area contributed by atoms with E-state index in [1.165, 1.54) is 33.0 Å². The third-order valence-electron chi connectivity index (χ3n) is 12.2. The lowest BCUT2D eigenvalue weighted by atomic mass is 9.82. The molecule has 0 N–H and O–H groups in total. The van der Waals surface area contributed by atoms with Gasteiger partial charge in [-0.15, -0.1) is 0 Å². The molecule has 0 unspecified atom stereocenters. The summed E-state index contributed by atoms with van der Waals surface area (Å²) < 4.78 is 15.1. The molecule has 4 heteroatoms. The summed E-state index contributed by atoms with van der Waals surface area (Å²) in [4.78, 5) is 2.37. The number of aromatic nitrogens is 1. The van der Waals surface area contributed by atoms with Gasteiger partial charge in [-0.1, -0.05) is 98.8 Å². The van der Waals surface area contributed by atoms with Crippen LogP contribution in [0.5, 0.6) is 0 Å². The molecular weight excluding hydrogens is 697 g/mol. The smallest absolute Gasteiger partial charge is 0.137 e. The van der Waals surface area contributed by atoms with Crippen LogP contribution in [-0.2, 0) is 5.41 Å². The Bertz CT molecular complexity index is 3340. The highest BCUT2D eigenvalue weighted by Crippen LogP contribution is 2.51. The van der Waals surface area contributed by atoms with Crippen molar-refractivity contribution in [2.75, 3.05) is 4.90 Å². The van der Waals surface area contributed by atoms with Gasteiger partial charge in [0.25, 0.3) is 0 Å². The molecule has 1 aliphatic carbocycles. The van der Waals surface area contributed by atoms with Gasteiger partial charge in [-0.25, -0.2) is 0 Å². The zero-order chi connectivity index (χ0) is 37.8. The average molecular weight is 733 g/mol. The van der Waals surface area contributed by atoms with E-state index in [9.17, 15) is 0 Å². The molecule has 8 aromatic carbocycles. The van der Waals surface area contributed by atoms with Crippen LogP contribution < -0.4 is 4.90 Å². The highest BCUT2D eigenvalue weighted by atomic mass is 16.3. The summed E-state index contributed by atoms with van der Waals surface area (Å²) in [5.74, 6) is 0.862. The predicted molar refractivity (Wildman–Crippen MR) is 236 cm³/mol. The minimum Gasteiger partial charge on any atom is -0.456 e. The van der Waals surface area contributed by atoms with Gasteiger partial charge in [0.05, 0.1) is 16.4 Å². The summed E-state index contributed by atoms with van der Waals surface area (Å²) in [6, 6.07) is 65.2. The van der Waals surface area contributed by atoms with E-state index in [0.29, 0.717) is 0 Å². The van der Waals surface area contributed by atoms with Gasteiger partial charge in [0, 0.05) is 55.3 Å². The van der Waals surface area contributed by atoms with E-state index in [0.717, 1.165) is 78.0 Å². The maximum Gasteiger partial charge on any atom is 0.137 e. The van der Waals surface area contributed by atoms with Crippen LogP contribution in [-0.4, -0.2) is 4.57 Å². The Morgan fingerprint density at radius 2 is 1.14 bits per heavy atom. The lowest BCUT2D eigenvalue weighted by Gasteiger charge is -2.28. The highest BCUT2D eigenvalue weighted by molar-refractivity contribution is 6.24. The van der Waals surface area contributed by atoms with Crippen molar-refractivity contribution in [3.8, 4) is 28.1 Å². The number of furan rings is 2. The second kappa shape index (κ2) is 11.8. The zero-order valence-corrected chi connectivity index (χ0v) is 31.5. The quantitative estimate of drug-likeness (QED) is 0.177. The van der Waals surface area contributed by atoms with Crippen molar-refractivity contribution in [1.82, 2.24) is 4.57 Å². The Labute approximate surface area is 329 Å². The van der Waals surface area contributed by atoms with Crippen molar-refractivity contribution < 1.29 is 8.83 Å². The van der Waals surface area contributed by atoms with E-state index in [4.69, 9.17) is 8.83 Å². The van der Waals surface area contributed by atoms with Crippen molar-refractivity contribution in [3.05, 3.63) is 193 Å². The van der Waals surface area contributed by atoms with Gasteiger partial charge in [-0.2, -0.15) is 0 Å². The van der Waals surface area contributed by atoms with E-state index in [-0.39, 0.29) is 5.41 Å². The molecule has 11 aromatic rings. The maximum absolute atomic E-state index is 6.39. The van der Waals surface area contributed by atoms with Crippen molar-refractivity contribution in [1.29, 1.82) is 0 Å². The average Bonchev–Trinajstić information content (AvgIpc) is 4.00. The molecule has 3 aromatic heterocycles. The highest BCUT2D eigenvalue weighted by Gasteiger charge is 2.35. The molecule has 12 rings (SSSR count). The number of rotatable bonds is 5. The first kappa shape index (κ1) is 32.0. The monoisotopic (exact) mass is 732 g/mol. The van der Waals surface area contributed by atoms with Gasteiger partial charge in [0.2, 0.25) is 0 Å². The minimum atomic E-state index is -0.123. The summed E-state index contributed by atoms with van der Waals surface area (Å²) in [6.45, 7) is 4.68. The summed E-state index contributed by atoms with van der Waals surface area (Å²) in [7, 11) is 0. The first-order chi connectivity index (χ1) is 28.0. The van der Waals surface area contributed by atoms with E-state index >= 15 is 0 Å². The second-order valence-electron chi connectivity index (χ2n) is 15.7. The number of benzene rings is 8. The Hall–Kier alpha value is -7.30. The third kappa shape index (κ3) is 4.68. The maximum atomic E-state index is 6.39. The summed E-state index contributed by atoms with van der Waals surface area (Å²) in [5.41, 5.74) is 15.6. The SMILES string of the molecule is CC1(C)c2ccccc2-c2ccc(N(c3ccc(-c4cc5ccccc5o4)cc3)c3ccc(-n4c5ccccc5c5ccc6oc7ccccc7c6c54)cc3)cc21. The topological polar surface area (TPSA) is 34.5 Å². The fraction of sp³-hybridized carbons (Fsp3) is 0.0566. The van der Waals surface area contributed by atoms with Crippen LogP contribution in [0.1, 0.15) is 25.0 Å². The fourth-order valence-corrected chi connectivity index (χ4v) is 9.46. The van der Waals surface area contributed by atoms with Gasteiger partial charge in [0.1, 0.15) is 22.5 Å². The molecule has 4 nitrogen and oxygen atoms in total. The molecular formula is C53H36N2O2. The van der Waals surface area contributed by atoms with Crippen LogP contribution in [0.3, 0.4) is 0 Å². The molecule has 0 saturated carbocycles. The zero-order valence-electron chi connectivity index (χ0n) is 31.5. The van der Waals surface area contributed by atoms with Crippen molar-refractivity contribution in [2.24, 2.45) is 0 Å². The Morgan fingerprint density at radius 3 is 1.96 bits per heavy atom. The first-order valence-corrected chi connectivity index (χ1v) is 19.6. The predicted octanol–water partition coefficient (Wildman–Crippen LogP) is 14.9. The van der Waals surface area contributed by atoms with Gasteiger partial charge >= 0.3 is 0 Å². The molecule has 0 aliphatic heterocycles. The third-order valence-corrected chi connectivity index (χ3v) is 12.2. The van der Waals surface area contributed by atoms with Gasteiger partial charge in [-0.3, -0.25) is 0 Å². The lowest BCUT2D eigenvalue weighted by Crippen LogP contribution is -2.16. The molecule has 57 heavy (non-hydrogen) atoms. The number of hydrogen-bond acceptors (Lipinski definition) is 3. The molecule has 270 valence electrons. The van der Waals surface area contributed by atoms with E-state index in [2.05, 4.69) is 181 Å². The van der Waals surface area contributed by atoms with Crippen molar-refractivity contribution in [3.63, 3.8) is 0 Å². The molecule has 0 saturated heterocycles. The molecule has 0 spiro atoms. The van der Waals surface area contributed by atoms with Crippen LogP contribution in [0.4, 0.5) is 17.1 Å². The number of nitrogens with zero attached hydrogens (tertiary/aromatic N) is 2. The van der Waals surface area contributed by atoms with Crippen LogP contribution in [0.2, 0.25) is 0 Å².